The van der Waals surface area contributed by atoms with Crippen LogP contribution in [0.4, 0.5) is 5.69 Å². The Hall–Kier alpha value is -1.71. The largest absolute Gasteiger partial charge is 0.493 e. The van der Waals surface area contributed by atoms with Crippen LogP contribution in [0.3, 0.4) is 0 Å². The van der Waals surface area contributed by atoms with Crippen LogP contribution in [0, 0.1) is 6.92 Å². The third-order valence-corrected chi connectivity index (χ3v) is 2.52. The van der Waals surface area contributed by atoms with Crippen molar-refractivity contribution in [1.29, 1.82) is 0 Å². The lowest BCUT2D eigenvalue weighted by atomic mass is 10.1. The molecule has 1 aromatic carbocycles. The van der Waals surface area contributed by atoms with Crippen LogP contribution in [0.25, 0.3) is 0 Å². The molecule has 0 heterocycles. The number of benzene rings is 1. The predicted molar refractivity (Wildman–Crippen MR) is 68.1 cm³/mol. The molecule has 0 spiro atoms. The molecule has 1 aromatic rings. The molecule has 0 aliphatic rings. The summed E-state index contributed by atoms with van der Waals surface area (Å²) in [7, 11) is 3.21. The number of carbonyl (C=O) groups is 1. The maximum Gasteiger partial charge on any atom is 0.162 e. The minimum Gasteiger partial charge on any atom is -0.493 e. The van der Waals surface area contributed by atoms with E-state index < -0.39 is 0 Å². The quantitative estimate of drug-likeness (QED) is 0.825. The molecule has 4 nitrogen and oxygen atoms in total. The fraction of sp³-hybridized carbons (Fsp3) is 0.462. The van der Waals surface area contributed by atoms with Gasteiger partial charge in [0.05, 0.1) is 14.2 Å². The number of carbonyl (C=O) groups excluding carboxylic acids is 1. The number of hydrogen-bond donors (Lipinski definition) is 1. The molecular weight excluding hydrogens is 218 g/mol. The zero-order chi connectivity index (χ0) is 12.8. The normalized spacial score (nSPS) is 9.88. The predicted octanol–water partition coefficient (Wildman–Crippen LogP) is 2.40. The maximum absolute atomic E-state index is 10.9. The van der Waals surface area contributed by atoms with Gasteiger partial charge in [0.15, 0.2) is 11.5 Å². The molecule has 0 atom stereocenters. The summed E-state index contributed by atoms with van der Waals surface area (Å²) in [6.45, 7) is 4.20. The molecule has 0 aliphatic heterocycles. The summed E-state index contributed by atoms with van der Waals surface area (Å²) < 4.78 is 10.4. The van der Waals surface area contributed by atoms with E-state index in [0.29, 0.717) is 24.5 Å². The van der Waals surface area contributed by atoms with Crippen molar-refractivity contribution in [3.63, 3.8) is 0 Å². The highest BCUT2D eigenvalue weighted by molar-refractivity contribution is 5.76. The highest BCUT2D eigenvalue weighted by atomic mass is 16.5. The maximum atomic E-state index is 10.9. The van der Waals surface area contributed by atoms with Crippen molar-refractivity contribution < 1.29 is 14.3 Å². The summed E-state index contributed by atoms with van der Waals surface area (Å²) in [5.41, 5.74) is 2.02. The van der Waals surface area contributed by atoms with Crippen molar-refractivity contribution in [2.24, 2.45) is 0 Å². The zero-order valence-corrected chi connectivity index (χ0v) is 10.8. The minimum atomic E-state index is 0.177. The second kappa shape index (κ2) is 6.13. The molecule has 0 radical (unpaired) electrons. The van der Waals surface area contributed by atoms with Gasteiger partial charge in [-0.05, 0) is 25.5 Å². The van der Waals surface area contributed by atoms with Gasteiger partial charge in [-0.2, -0.15) is 0 Å². The molecule has 0 amide bonds. The first kappa shape index (κ1) is 13.4. The summed E-state index contributed by atoms with van der Waals surface area (Å²) in [6, 6.07) is 3.79. The van der Waals surface area contributed by atoms with Crippen molar-refractivity contribution in [3.8, 4) is 11.5 Å². The summed E-state index contributed by atoms with van der Waals surface area (Å²) in [4.78, 5) is 10.9. The van der Waals surface area contributed by atoms with Crippen LogP contribution in [0.1, 0.15) is 18.9 Å². The minimum absolute atomic E-state index is 0.177. The molecular formula is C13H19NO3. The molecule has 0 bridgehead atoms. The number of Topliss-reactive ketones (excluding diaryl/α,β-unsaturated/α-hetero) is 1. The molecule has 0 fully saturated rings. The number of ketones is 1. The number of hydrogen-bond acceptors (Lipinski definition) is 4. The van der Waals surface area contributed by atoms with Crippen molar-refractivity contribution in [2.75, 3.05) is 26.1 Å². The highest BCUT2D eigenvalue weighted by Gasteiger charge is 2.08. The first-order valence-corrected chi connectivity index (χ1v) is 5.54. The lowest BCUT2D eigenvalue weighted by Gasteiger charge is -2.13. The Balaban J connectivity index is 2.81. The monoisotopic (exact) mass is 237 g/mol. The topological polar surface area (TPSA) is 47.6 Å². The van der Waals surface area contributed by atoms with E-state index in [0.717, 1.165) is 11.3 Å². The lowest BCUT2D eigenvalue weighted by Crippen LogP contribution is -2.07. The average molecular weight is 237 g/mol. The number of methoxy groups -OCH3 is 2. The molecule has 1 N–H and O–H groups in total. The van der Waals surface area contributed by atoms with Crippen LogP contribution in [0.15, 0.2) is 12.1 Å². The number of aryl methyl sites for hydroxylation is 1. The van der Waals surface area contributed by atoms with Crippen LogP contribution >= 0.6 is 0 Å². The van der Waals surface area contributed by atoms with Crippen LogP contribution in [0.2, 0.25) is 0 Å². The molecule has 0 saturated carbocycles. The van der Waals surface area contributed by atoms with Crippen LogP contribution in [-0.4, -0.2) is 26.5 Å². The van der Waals surface area contributed by atoms with Crippen molar-refractivity contribution >= 4 is 11.5 Å². The van der Waals surface area contributed by atoms with Gasteiger partial charge in [0.2, 0.25) is 0 Å². The Labute approximate surface area is 102 Å². The van der Waals surface area contributed by atoms with Gasteiger partial charge in [0.25, 0.3) is 0 Å². The molecule has 94 valence electrons. The summed E-state index contributed by atoms with van der Waals surface area (Å²) in [6.07, 6.45) is 0.522. The van der Waals surface area contributed by atoms with Gasteiger partial charge >= 0.3 is 0 Å². The first-order valence-electron chi connectivity index (χ1n) is 5.54. The second-order valence-corrected chi connectivity index (χ2v) is 3.90. The molecule has 4 heteroatoms. The van der Waals surface area contributed by atoms with E-state index in [1.165, 1.54) is 0 Å². The lowest BCUT2D eigenvalue weighted by molar-refractivity contribution is -0.116. The van der Waals surface area contributed by atoms with E-state index in [2.05, 4.69) is 5.32 Å². The molecule has 17 heavy (non-hydrogen) atoms. The summed E-state index contributed by atoms with van der Waals surface area (Å²) in [5, 5.41) is 3.21. The van der Waals surface area contributed by atoms with Crippen LogP contribution < -0.4 is 14.8 Å². The van der Waals surface area contributed by atoms with E-state index in [1.807, 2.05) is 19.1 Å². The van der Waals surface area contributed by atoms with Gasteiger partial charge in [-0.15, -0.1) is 0 Å². The average Bonchev–Trinajstić information content (AvgIpc) is 2.30. The Morgan fingerprint density at radius 2 is 1.82 bits per heavy atom. The van der Waals surface area contributed by atoms with Crippen molar-refractivity contribution in [1.82, 2.24) is 0 Å². The zero-order valence-electron chi connectivity index (χ0n) is 10.8. The first-order chi connectivity index (χ1) is 8.08. The fourth-order valence-corrected chi connectivity index (χ4v) is 1.54. The smallest absolute Gasteiger partial charge is 0.162 e. The third kappa shape index (κ3) is 3.66. The number of rotatable bonds is 6. The van der Waals surface area contributed by atoms with E-state index in [1.54, 1.807) is 21.1 Å². The van der Waals surface area contributed by atoms with Crippen LogP contribution in [0.5, 0.6) is 11.5 Å². The SMILES string of the molecule is COc1cc(C)c(NCCC(C)=O)cc1OC. The number of ether oxygens (including phenoxy) is 2. The summed E-state index contributed by atoms with van der Waals surface area (Å²) >= 11 is 0. The molecule has 0 saturated heterocycles. The van der Waals surface area contributed by atoms with Gasteiger partial charge in [-0.3, -0.25) is 4.79 Å². The molecule has 0 aromatic heterocycles. The Morgan fingerprint density at radius 1 is 1.24 bits per heavy atom. The standard InChI is InChI=1S/C13H19NO3/c1-9-7-12(16-3)13(17-4)8-11(9)14-6-5-10(2)15/h7-8,14H,5-6H2,1-4H3. The Morgan fingerprint density at radius 3 is 2.35 bits per heavy atom. The molecule has 1 rings (SSSR count). The second-order valence-electron chi connectivity index (χ2n) is 3.90. The van der Waals surface area contributed by atoms with Crippen molar-refractivity contribution in [2.45, 2.75) is 20.3 Å². The Kier molecular flexibility index (Phi) is 4.82. The van der Waals surface area contributed by atoms with Crippen LogP contribution in [-0.2, 0) is 4.79 Å². The number of nitrogens with one attached hydrogen (secondary N) is 1. The van der Waals surface area contributed by atoms with Gasteiger partial charge in [-0.25, -0.2) is 0 Å². The van der Waals surface area contributed by atoms with Gasteiger partial charge in [-0.1, -0.05) is 0 Å². The highest BCUT2D eigenvalue weighted by Crippen LogP contribution is 2.32. The van der Waals surface area contributed by atoms with E-state index >= 15 is 0 Å². The number of anilines is 1. The fourth-order valence-electron chi connectivity index (χ4n) is 1.54. The Bertz CT molecular complexity index is 402. The third-order valence-electron chi connectivity index (χ3n) is 2.52. The van der Waals surface area contributed by atoms with Gasteiger partial charge in [0.1, 0.15) is 5.78 Å². The van der Waals surface area contributed by atoms with E-state index in [-0.39, 0.29) is 5.78 Å². The van der Waals surface area contributed by atoms with Gasteiger partial charge < -0.3 is 14.8 Å². The molecule has 0 unspecified atom stereocenters. The van der Waals surface area contributed by atoms with E-state index in [4.69, 9.17) is 9.47 Å². The summed E-state index contributed by atoms with van der Waals surface area (Å²) in [5.74, 6) is 1.57. The van der Waals surface area contributed by atoms with E-state index in [9.17, 15) is 4.79 Å². The van der Waals surface area contributed by atoms with Crippen molar-refractivity contribution in [3.05, 3.63) is 17.7 Å². The molecule has 0 aliphatic carbocycles. The van der Waals surface area contributed by atoms with Gasteiger partial charge in [0, 0.05) is 24.7 Å².